The van der Waals surface area contributed by atoms with E-state index in [2.05, 4.69) is 16.0 Å². The van der Waals surface area contributed by atoms with Crippen molar-refractivity contribution in [3.05, 3.63) is 34.4 Å². The van der Waals surface area contributed by atoms with Crippen LogP contribution in [0.25, 0.3) is 0 Å². The second kappa shape index (κ2) is 7.66. The van der Waals surface area contributed by atoms with Crippen LogP contribution in [0.5, 0.6) is 0 Å². The third-order valence-electron chi connectivity index (χ3n) is 2.97. The summed E-state index contributed by atoms with van der Waals surface area (Å²) in [6.45, 7) is 1.71. The molecule has 1 aliphatic rings. The van der Waals surface area contributed by atoms with E-state index in [4.69, 9.17) is 0 Å². The predicted octanol–water partition coefficient (Wildman–Crippen LogP) is 0.907. The van der Waals surface area contributed by atoms with Crippen molar-refractivity contribution >= 4 is 29.7 Å². The highest BCUT2D eigenvalue weighted by Gasteiger charge is 2.17. The summed E-state index contributed by atoms with van der Waals surface area (Å²) >= 11 is 0. The van der Waals surface area contributed by atoms with E-state index in [1.165, 1.54) is 6.07 Å². The molecular formula is C12H17ClN4O3. The Bertz CT molecular complexity index is 478. The summed E-state index contributed by atoms with van der Waals surface area (Å²) in [6, 6.07) is 6.42. The van der Waals surface area contributed by atoms with Gasteiger partial charge in [-0.3, -0.25) is 14.9 Å². The number of para-hydroxylation sites is 2. The number of nitrogens with one attached hydrogen (secondary N) is 3. The summed E-state index contributed by atoms with van der Waals surface area (Å²) < 4.78 is 0. The summed E-state index contributed by atoms with van der Waals surface area (Å²) in [5.41, 5.74) is 0.324. The van der Waals surface area contributed by atoms with Gasteiger partial charge in [-0.05, 0) is 19.0 Å². The molecule has 1 unspecified atom stereocenters. The fraction of sp³-hybridized carbons (Fsp3) is 0.417. The minimum absolute atomic E-state index is 0. The molecule has 20 heavy (non-hydrogen) atoms. The highest BCUT2D eigenvalue weighted by atomic mass is 35.5. The number of anilines is 1. The largest absolute Gasteiger partial charge is 0.371 e. The summed E-state index contributed by atoms with van der Waals surface area (Å²) in [6.07, 6.45) is 0.914. The van der Waals surface area contributed by atoms with E-state index in [0.717, 1.165) is 19.5 Å². The number of hydrogen-bond donors (Lipinski definition) is 3. The van der Waals surface area contributed by atoms with Crippen LogP contribution in [-0.4, -0.2) is 36.5 Å². The summed E-state index contributed by atoms with van der Waals surface area (Å²) in [5.74, 6) is -0.160. The molecule has 0 spiro atoms. The molecule has 1 atom stereocenters. The fourth-order valence-corrected chi connectivity index (χ4v) is 2.01. The maximum absolute atomic E-state index is 11.7. The Morgan fingerprint density at radius 3 is 2.85 bits per heavy atom. The van der Waals surface area contributed by atoms with E-state index in [1.807, 2.05) is 0 Å². The van der Waals surface area contributed by atoms with Gasteiger partial charge in [-0.2, -0.15) is 0 Å². The van der Waals surface area contributed by atoms with Gasteiger partial charge >= 0.3 is 0 Å². The number of carbonyl (C=O) groups excluding carboxylic acids is 1. The molecule has 1 aliphatic heterocycles. The lowest BCUT2D eigenvalue weighted by Gasteiger charge is -2.12. The second-order valence-electron chi connectivity index (χ2n) is 4.39. The normalized spacial score (nSPS) is 17.1. The van der Waals surface area contributed by atoms with E-state index in [0.29, 0.717) is 5.69 Å². The van der Waals surface area contributed by atoms with Crippen LogP contribution in [0, 0.1) is 10.1 Å². The van der Waals surface area contributed by atoms with Crippen LogP contribution >= 0.6 is 12.4 Å². The van der Waals surface area contributed by atoms with Crippen molar-refractivity contribution in [3.8, 4) is 0 Å². The van der Waals surface area contributed by atoms with Crippen molar-refractivity contribution < 1.29 is 9.72 Å². The number of halogens is 1. The van der Waals surface area contributed by atoms with E-state index in [-0.39, 0.29) is 36.6 Å². The topological polar surface area (TPSA) is 96.3 Å². The third kappa shape index (κ3) is 4.36. The molecule has 7 nitrogen and oxygen atoms in total. The number of amides is 1. The van der Waals surface area contributed by atoms with Crippen LogP contribution < -0.4 is 16.0 Å². The minimum atomic E-state index is -0.471. The molecule has 3 N–H and O–H groups in total. The van der Waals surface area contributed by atoms with E-state index in [9.17, 15) is 14.9 Å². The molecule has 0 aliphatic carbocycles. The number of carbonyl (C=O) groups is 1. The van der Waals surface area contributed by atoms with Crippen LogP contribution in [0.2, 0.25) is 0 Å². The Hall–Kier alpha value is -1.86. The Balaban J connectivity index is 0.00000200. The van der Waals surface area contributed by atoms with E-state index >= 15 is 0 Å². The second-order valence-corrected chi connectivity index (χ2v) is 4.39. The molecule has 110 valence electrons. The first-order valence-electron chi connectivity index (χ1n) is 6.14. The lowest BCUT2D eigenvalue weighted by Crippen LogP contribution is -2.39. The summed E-state index contributed by atoms with van der Waals surface area (Å²) in [7, 11) is 0. The fourth-order valence-electron chi connectivity index (χ4n) is 2.01. The van der Waals surface area contributed by atoms with Gasteiger partial charge in [0, 0.05) is 18.7 Å². The lowest BCUT2D eigenvalue weighted by molar-refractivity contribution is -0.383. The molecular weight excluding hydrogens is 284 g/mol. The van der Waals surface area contributed by atoms with Gasteiger partial charge < -0.3 is 16.0 Å². The molecule has 1 fully saturated rings. The van der Waals surface area contributed by atoms with E-state index in [1.54, 1.807) is 18.2 Å². The average molecular weight is 301 g/mol. The Kier molecular flexibility index (Phi) is 6.20. The molecule has 1 heterocycles. The van der Waals surface area contributed by atoms with E-state index < -0.39 is 4.92 Å². The van der Waals surface area contributed by atoms with Crippen LogP contribution in [0.4, 0.5) is 11.4 Å². The number of nitrogens with zero attached hydrogens (tertiary/aromatic N) is 1. The number of hydrogen-bond acceptors (Lipinski definition) is 5. The third-order valence-corrected chi connectivity index (χ3v) is 2.97. The number of rotatable bonds is 5. The molecule has 0 saturated carbocycles. The van der Waals surface area contributed by atoms with Crippen molar-refractivity contribution in [2.24, 2.45) is 0 Å². The highest BCUT2D eigenvalue weighted by Crippen LogP contribution is 2.22. The zero-order valence-corrected chi connectivity index (χ0v) is 11.6. The Morgan fingerprint density at radius 2 is 2.20 bits per heavy atom. The smallest absolute Gasteiger partial charge is 0.292 e. The van der Waals surface area contributed by atoms with Crippen molar-refractivity contribution in [1.82, 2.24) is 10.6 Å². The molecule has 0 radical (unpaired) electrons. The molecule has 1 amide bonds. The van der Waals surface area contributed by atoms with Crippen molar-refractivity contribution in [1.29, 1.82) is 0 Å². The average Bonchev–Trinajstić information content (AvgIpc) is 2.89. The number of nitro groups is 1. The summed E-state index contributed by atoms with van der Waals surface area (Å²) in [4.78, 5) is 22.0. The van der Waals surface area contributed by atoms with Crippen LogP contribution in [0.15, 0.2) is 24.3 Å². The first-order valence-corrected chi connectivity index (χ1v) is 6.14. The quantitative estimate of drug-likeness (QED) is 0.555. The van der Waals surface area contributed by atoms with Gasteiger partial charge in [-0.15, -0.1) is 12.4 Å². The molecule has 0 aromatic heterocycles. The van der Waals surface area contributed by atoms with Gasteiger partial charge in [0.25, 0.3) is 5.69 Å². The van der Waals surface area contributed by atoms with Crippen LogP contribution in [0.1, 0.15) is 6.42 Å². The monoisotopic (exact) mass is 300 g/mol. The van der Waals surface area contributed by atoms with Crippen LogP contribution in [-0.2, 0) is 4.79 Å². The molecule has 8 heteroatoms. The number of nitro benzene ring substituents is 1. The molecule has 1 saturated heterocycles. The molecule has 2 rings (SSSR count). The molecule has 0 bridgehead atoms. The summed E-state index contributed by atoms with van der Waals surface area (Å²) in [5, 5.41) is 19.6. The lowest BCUT2D eigenvalue weighted by atomic mass is 10.2. The maximum atomic E-state index is 11.7. The maximum Gasteiger partial charge on any atom is 0.292 e. The van der Waals surface area contributed by atoms with Gasteiger partial charge in [-0.25, -0.2) is 0 Å². The predicted molar refractivity (Wildman–Crippen MR) is 78.3 cm³/mol. The Morgan fingerprint density at radius 1 is 1.45 bits per heavy atom. The Labute approximate surface area is 122 Å². The first kappa shape index (κ1) is 16.2. The minimum Gasteiger partial charge on any atom is -0.371 e. The van der Waals surface area contributed by atoms with Crippen molar-refractivity contribution in [2.75, 3.05) is 25.0 Å². The van der Waals surface area contributed by atoms with Gasteiger partial charge in [0.2, 0.25) is 5.91 Å². The zero-order chi connectivity index (χ0) is 13.7. The molecule has 1 aromatic carbocycles. The highest BCUT2D eigenvalue weighted by molar-refractivity contribution is 5.85. The van der Waals surface area contributed by atoms with Gasteiger partial charge in [0.15, 0.2) is 0 Å². The van der Waals surface area contributed by atoms with Crippen LogP contribution in [0.3, 0.4) is 0 Å². The SMILES string of the molecule is Cl.O=C(CNc1ccccc1[N+](=O)[O-])NC1CCNC1. The van der Waals surface area contributed by atoms with Crippen molar-refractivity contribution in [3.63, 3.8) is 0 Å². The number of benzene rings is 1. The van der Waals surface area contributed by atoms with Crippen molar-refractivity contribution in [2.45, 2.75) is 12.5 Å². The van der Waals surface area contributed by atoms with Gasteiger partial charge in [0.1, 0.15) is 5.69 Å². The molecule has 1 aromatic rings. The van der Waals surface area contributed by atoms with Gasteiger partial charge in [-0.1, -0.05) is 12.1 Å². The zero-order valence-electron chi connectivity index (χ0n) is 10.8. The standard InChI is InChI=1S/C12H16N4O3.ClH/c17-12(15-9-5-6-13-7-9)8-14-10-3-1-2-4-11(10)16(18)19;/h1-4,9,13-14H,5-8H2,(H,15,17);1H. The van der Waals surface area contributed by atoms with Gasteiger partial charge in [0.05, 0.1) is 11.5 Å². The first-order chi connectivity index (χ1) is 9.16.